The van der Waals surface area contributed by atoms with E-state index in [1.165, 1.54) is 38.5 Å². The van der Waals surface area contributed by atoms with E-state index in [9.17, 15) is 4.79 Å². The van der Waals surface area contributed by atoms with Crippen LogP contribution in [0.2, 0.25) is 0 Å². The monoisotopic (exact) mass is 233 g/mol. The van der Waals surface area contributed by atoms with Crippen molar-refractivity contribution in [3.05, 3.63) is 0 Å². The van der Waals surface area contributed by atoms with E-state index >= 15 is 0 Å². The fraction of sp³-hybridized carbons (Fsp3) is 0.917. The SMILES string of the molecule is NCCCCCCCCCCCC(=O)Cl. The van der Waals surface area contributed by atoms with E-state index in [-0.39, 0.29) is 5.24 Å². The first-order valence-corrected chi connectivity index (χ1v) is 6.53. The number of hydrogen-bond donors (Lipinski definition) is 1. The molecule has 0 radical (unpaired) electrons. The highest BCUT2D eigenvalue weighted by molar-refractivity contribution is 6.63. The summed E-state index contributed by atoms with van der Waals surface area (Å²) in [6.45, 7) is 0.826. The Morgan fingerprint density at radius 3 is 1.60 bits per heavy atom. The number of carbonyl (C=O) groups is 1. The van der Waals surface area contributed by atoms with Crippen molar-refractivity contribution in [1.29, 1.82) is 0 Å². The van der Waals surface area contributed by atoms with Gasteiger partial charge < -0.3 is 5.73 Å². The zero-order valence-electron chi connectivity index (χ0n) is 9.64. The molecule has 0 heterocycles. The fourth-order valence-electron chi connectivity index (χ4n) is 1.65. The van der Waals surface area contributed by atoms with Gasteiger partial charge in [0, 0.05) is 6.42 Å². The van der Waals surface area contributed by atoms with Crippen molar-refractivity contribution >= 4 is 16.8 Å². The van der Waals surface area contributed by atoms with Crippen LogP contribution < -0.4 is 5.73 Å². The van der Waals surface area contributed by atoms with Crippen molar-refractivity contribution in [2.75, 3.05) is 6.54 Å². The van der Waals surface area contributed by atoms with Crippen molar-refractivity contribution in [3.63, 3.8) is 0 Å². The summed E-state index contributed by atoms with van der Waals surface area (Å²) in [5.74, 6) is 0. The lowest BCUT2D eigenvalue weighted by molar-refractivity contribution is -0.111. The highest BCUT2D eigenvalue weighted by atomic mass is 35.5. The molecule has 0 bridgehead atoms. The molecule has 3 heteroatoms. The third-order valence-corrected chi connectivity index (χ3v) is 2.77. The summed E-state index contributed by atoms with van der Waals surface area (Å²) < 4.78 is 0. The normalized spacial score (nSPS) is 10.5. The predicted octanol–water partition coefficient (Wildman–Crippen LogP) is 3.61. The van der Waals surface area contributed by atoms with Gasteiger partial charge >= 0.3 is 0 Å². The van der Waals surface area contributed by atoms with E-state index in [0.717, 1.165) is 25.8 Å². The Labute approximate surface area is 98.6 Å². The second-order valence-electron chi connectivity index (χ2n) is 4.08. The summed E-state index contributed by atoms with van der Waals surface area (Å²) in [6, 6.07) is 0. The van der Waals surface area contributed by atoms with Gasteiger partial charge in [-0.3, -0.25) is 4.79 Å². The molecule has 2 nitrogen and oxygen atoms in total. The van der Waals surface area contributed by atoms with Gasteiger partial charge in [-0.15, -0.1) is 0 Å². The van der Waals surface area contributed by atoms with Gasteiger partial charge in [-0.1, -0.05) is 44.9 Å². The van der Waals surface area contributed by atoms with Crippen LogP contribution in [0.1, 0.15) is 64.2 Å². The van der Waals surface area contributed by atoms with Crippen LogP contribution in [0.15, 0.2) is 0 Å². The van der Waals surface area contributed by atoms with Crippen LogP contribution >= 0.6 is 11.6 Å². The lowest BCUT2D eigenvalue weighted by atomic mass is 10.1. The smallest absolute Gasteiger partial charge is 0.221 e. The fourth-order valence-corrected chi connectivity index (χ4v) is 1.78. The lowest BCUT2D eigenvalue weighted by Gasteiger charge is -2.01. The summed E-state index contributed by atoms with van der Waals surface area (Å²) in [4.78, 5) is 10.4. The summed E-state index contributed by atoms with van der Waals surface area (Å²) in [5.41, 5.74) is 5.41. The van der Waals surface area contributed by atoms with E-state index in [1.807, 2.05) is 0 Å². The van der Waals surface area contributed by atoms with Crippen molar-refractivity contribution in [3.8, 4) is 0 Å². The maximum absolute atomic E-state index is 10.4. The lowest BCUT2D eigenvalue weighted by Crippen LogP contribution is -1.97. The molecular formula is C12H24ClNO. The molecule has 0 amide bonds. The van der Waals surface area contributed by atoms with Crippen LogP contribution in [-0.4, -0.2) is 11.8 Å². The Hall–Kier alpha value is -0.0800. The maximum Gasteiger partial charge on any atom is 0.221 e. The molecule has 0 aromatic rings. The van der Waals surface area contributed by atoms with Gasteiger partial charge in [-0.25, -0.2) is 0 Å². The summed E-state index contributed by atoms with van der Waals surface area (Å²) in [5, 5.41) is -0.197. The summed E-state index contributed by atoms with van der Waals surface area (Å²) >= 11 is 5.24. The number of hydrogen-bond acceptors (Lipinski definition) is 2. The molecule has 0 aliphatic heterocycles. The molecule has 0 atom stereocenters. The summed E-state index contributed by atoms with van der Waals surface area (Å²) in [6.07, 6.45) is 11.6. The zero-order chi connectivity index (χ0) is 11.4. The van der Waals surface area contributed by atoms with E-state index in [0.29, 0.717) is 6.42 Å². The molecule has 0 aliphatic carbocycles. The van der Waals surface area contributed by atoms with Crippen LogP contribution in [0.4, 0.5) is 0 Å². The Balaban J connectivity index is 2.89. The van der Waals surface area contributed by atoms with Crippen LogP contribution in [0.25, 0.3) is 0 Å². The Morgan fingerprint density at radius 1 is 0.800 bits per heavy atom. The number of rotatable bonds is 11. The van der Waals surface area contributed by atoms with Crippen molar-refractivity contribution in [2.45, 2.75) is 64.2 Å². The first-order chi connectivity index (χ1) is 7.27. The second-order valence-corrected chi connectivity index (χ2v) is 4.50. The van der Waals surface area contributed by atoms with Crippen molar-refractivity contribution in [2.24, 2.45) is 5.73 Å². The minimum absolute atomic E-state index is 0.197. The molecule has 0 spiro atoms. The predicted molar refractivity (Wildman–Crippen MR) is 66.1 cm³/mol. The van der Waals surface area contributed by atoms with Gasteiger partial charge in [0.2, 0.25) is 5.24 Å². The first kappa shape index (κ1) is 14.9. The summed E-state index contributed by atoms with van der Waals surface area (Å²) in [7, 11) is 0. The molecule has 0 saturated heterocycles. The van der Waals surface area contributed by atoms with Crippen LogP contribution in [-0.2, 0) is 4.79 Å². The number of nitrogens with two attached hydrogens (primary N) is 1. The highest BCUT2D eigenvalue weighted by Gasteiger charge is 1.96. The average molecular weight is 234 g/mol. The number of carbonyl (C=O) groups excluding carboxylic acids is 1. The van der Waals surface area contributed by atoms with Crippen LogP contribution in [0, 0.1) is 0 Å². The van der Waals surface area contributed by atoms with Gasteiger partial charge in [0.05, 0.1) is 0 Å². The molecule has 0 saturated carbocycles. The molecule has 15 heavy (non-hydrogen) atoms. The first-order valence-electron chi connectivity index (χ1n) is 6.15. The minimum atomic E-state index is -0.197. The van der Waals surface area contributed by atoms with E-state index in [1.54, 1.807) is 0 Å². The van der Waals surface area contributed by atoms with Gasteiger partial charge in [-0.05, 0) is 31.0 Å². The van der Waals surface area contributed by atoms with Crippen LogP contribution in [0.3, 0.4) is 0 Å². The highest BCUT2D eigenvalue weighted by Crippen LogP contribution is 2.10. The topological polar surface area (TPSA) is 43.1 Å². The Kier molecular flexibility index (Phi) is 11.9. The molecule has 2 N–H and O–H groups in total. The maximum atomic E-state index is 10.4. The third kappa shape index (κ3) is 13.9. The minimum Gasteiger partial charge on any atom is -0.330 e. The van der Waals surface area contributed by atoms with Crippen molar-refractivity contribution < 1.29 is 4.79 Å². The molecule has 0 rings (SSSR count). The van der Waals surface area contributed by atoms with E-state index in [4.69, 9.17) is 17.3 Å². The van der Waals surface area contributed by atoms with E-state index < -0.39 is 0 Å². The van der Waals surface area contributed by atoms with Gasteiger partial charge in [0.25, 0.3) is 0 Å². The molecule has 0 aromatic carbocycles. The Bertz CT molecular complexity index is 151. The second kappa shape index (κ2) is 12.0. The van der Waals surface area contributed by atoms with Crippen LogP contribution in [0.5, 0.6) is 0 Å². The standard InChI is InChI=1S/C12H24ClNO/c13-12(15)10-8-6-4-2-1-3-5-7-9-11-14/h1-11,14H2. The average Bonchev–Trinajstić information content (AvgIpc) is 2.20. The van der Waals surface area contributed by atoms with Gasteiger partial charge in [0.1, 0.15) is 0 Å². The Morgan fingerprint density at radius 2 is 1.20 bits per heavy atom. The third-order valence-electron chi connectivity index (χ3n) is 2.58. The van der Waals surface area contributed by atoms with Crippen molar-refractivity contribution in [1.82, 2.24) is 0 Å². The van der Waals surface area contributed by atoms with Gasteiger partial charge in [-0.2, -0.15) is 0 Å². The van der Waals surface area contributed by atoms with Gasteiger partial charge in [0.15, 0.2) is 0 Å². The molecular weight excluding hydrogens is 210 g/mol. The number of unbranched alkanes of at least 4 members (excludes halogenated alkanes) is 8. The molecule has 0 aromatic heterocycles. The molecule has 90 valence electrons. The zero-order valence-corrected chi connectivity index (χ0v) is 10.4. The quantitative estimate of drug-likeness (QED) is 0.438. The van der Waals surface area contributed by atoms with E-state index in [2.05, 4.69) is 0 Å². The molecule has 0 fully saturated rings. The molecule has 0 aliphatic rings. The largest absolute Gasteiger partial charge is 0.330 e. The number of halogens is 1. The molecule has 0 unspecified atom stereocenters.